The first kappa shape index (κ1) is 36.9. The number of aryl methyl sites for hydroxylation is 1. The molecule has 1 saturated carbocycles. The Morgan fingerprint density at radius 1 is 1.15 bits per heavy atom. The molecule has 1 aliphatic carbocycles. The number of aliphatic hydroxyl groups excluding tert-OH is 3. The molecule has 6 aliphatic rings. The third-order valence-corrected chi connectivity index (χ3v) is 11.8. The summed E-state index contributed by atoms with van der Waals surface area (Å²) in [4.78, 5) is 19.9. The number of aliphatic hydroxyl groups is 3. The van der Waals surface area contributed by atoms with Crippen molar-refractivity contribution in [3.63, 3.8) is 0 Å². The van der Waals surface area contributed by atoms with Gasteiger partial charge in [0.1, 0.15) is 29.9 Å². The van der Waals surface area contributed by atoms with E-state index < -0.39 is 35.9 Å². The summed E-state index contributed by atoms with van der Waals surface area (Å²) in [5.41, 5.74) is 12.9. The van der Waals surface area contributed by atoms with Crippen molar-refractivity contribution in [3.05, 3.63) is 81.8 Å². The number of ketones is 1. The summed E-state index contributed by atoms with van der Waals surface area (Å²) in [6, 6.07) is 7.05. The van der Waals surface area contributed by atoms with Crippen LogP contribution in [-0.2, 0) is 17.6 Å². The van der Waals surface area contributed by atoms with Gasteiger partial charge in [-0.2, -0.15) is 0 Å². The van der Waals surface area contributed by atoms with Crippen molar-refractivity contribution in [2.45, 2.75) is 108 Å². The number of hydrogen-bond donors (Lipinski definition) is 6. The number of rotatable bonds is 9. The first-order valence-electron chi connectivity index (χ1n) is 19.5. The Morgan fingerprint density at radius 2 is 1.96 bits per heavy atom. The van der Waals surface area contributed by atoms with Gasteiger partial charge in [-0.3, -0.25) is 9.79 Å². The number of phenols is 1. The molecular weight excluding hydrogens is 697 g/mol. The summed E-state index contributed by atoms with van der Waals surface area (Å²) in [6.45, 7) is 2.43. The summed E-state index contributed by atoms with van der Waals surface area (Å²) in [5.74, 6) is 10.1. The molecule has 2 bridgehead atoms. The van der Waals surface area contributed by atoms with Crippen LogP contribution in [0.2, 0.25) is 0 Å². The van der Waals surface area contributed by atoms with Gasteiger partial charge in [0.05, 0.1) is 35.8 Å². The van der Waals surface area contributed by atoms with Crippen molar-refractivity contribution < 1.29 is 34.7 Å². The summed E-state index contributed by atoms with van der Waals surface area (Å²) < 4.78 is 13.0. The number of nitrogens with one attached hydrogen (secondary N) is 1. The number of carbonyl (C=O) groups is 1. The minimum Gasteiger partial charge on any atom is -0.508 e. The molecule has 11 nitrogen and oxygen atoms in total. The van der Waals surface area contributed by atoms with Crippen LogP contribution >= 0.6 is 0 Å². The minimum atomic E-state index is -1.10. The van der Waals surface area contributed by atoms with Gasteiger partial charge in [-0.25, -0.2) is 0 Å². The van der Waals surface area contributed by atoms with E-state index in [4.69, 9.17) is 20.2 Å². The maximum atomic E-state index is 12.9. The number of ether oxygens (including phenoxy) is 2. The molecule has 0 amide bonds. The molecule has 7 N–H and O–H groups in total. The van der Waals surface area contributed by atoms with Crippen LogP contribution in [0, 0.1) is 35.2 Å². The van der Waals surface area contributed by atoms with Gasteiger partial charge in [0.25, 0.3) is 0 Å². The number of hydrogen-bond acceptors (Lipinski definition) is 11. The van der Waals surface area contributed by atoms with Crippen LogP contribution in [0.15, 0.2) is 59.0 Å². The molecule has 1 fully saturated rings. The molecule has 2 aromatic carbocycles. The lowest BCUT2D eigenvalue weighted by molar-refractivity contribution is -0.121. The van der Waals surface area contributed by atoms with E-state index in [1.165, 1.54) is 6.07 Å². The molecular formula is C44H48N4O7. The van der Waals surface area contributed by atoms with Crippen LogP contribution in [0.3, 0.4) is 0 Å². The lowest BCUT2D eigenvalue weighted by Gasteiger charge is -2.39. The van der Waals surface area contributed by atoms with Gasteiger partial charge in [0.15, 0.2) is 17.7 Å². The fraction of sp³-hybridized carbons (Fsp3) is 0.455. The molecule has 0 aromatic heterocycles. The largest absolute Gasteiger partial charge is 0.508 e. The van der Waals surface area contributed by atoms with E-state index in [1.54, 1.807) is 6.07 Å². The Labute approximate surface area is 321 Å². The zero-order valence-electron chi connectivity index (χ0n) is 31.1. The van der Waals surface area contributed by atoms with Crippen molar-refractivity contribution in [1.29, 1.82) is 0 Å². The Hall–Kier alpha value is -5.04. The van der Waals surface area contributed by atoms with Gasteiger partial charge in [0, 0.05) is 43.3 Å². The van der Waals surface area contributed by atoms with Crippen molar-refractivity contribution >= 4 is 17.6 Å². The van der Waals surface area contributed by atoms with Crippen molar-refractivity contribution in [2.75, 3.05) is 6.54 Å². The molecule has 0 radical (unpaired) electrons. The van der Waals surface area contributed by atoms with E-state index in [0.717, 1.165) is 71.2 Å². The summed E-state index contributed by atoms with van der Waals surface area (Å²) in [7, 11) is 0. The van der Waals surface area contributed by atoms with Crippen molar-refractivity contribution in [2.24, 2.45) is 22.1 Å². The quantitative estimate of drug-likeness (QED) is 0.196. The number of nitrogens with two attached hydrogens (primary N) is 1. The lowest BCUT2D eigenvalue weighted by atomic mass is 9.73. The Bertz CT molecular complexity index is 2130. The number of fused-ring (bicyclic) bond motifs is 8. The van der Waals surface area contributed by atoms with Gasteiger partial charge in [0.2, 0.25) is 0 Å². The van der Waals surface area contributed by atoms with E-state index in [9.17, 15) is 25.2 Å². The number of Topliss-reactive ketones (excluding diaryl/α,β-unsaturated/α-hetero) is 1. The number of aliphatic imine (C=N–C) groups is 1. The van der Waals surface area contributed by atoms with Crippen LogP contribution < -0.4 is 20.5 Å². The summed E-state index contributed by atoms with van der Waals surface area (Å²) >= 11 is 0. The van der Waals surface area contributed by atoms with Crippen LogP contribution in [-0.4, -0.2) is 61.8 Å². The van der Waals surface area contributed by atoms with Crippen LogP contribution in [0.25, 0.3) is 6.08 Å². The predicted molar refractivity (Wildman–Crippen MR) is 207 cm³/mol. The monoisotopic (exact) mass is 744 g/mol. The highest BCUT2D eigenvalue weighted by atomic mass is 16.5. The van der Waals surface area contributed by atoms with Gasteiger partial charge < -0.3 is 45.9 Å². The zero-order chi connectivity index (χ0) is 38.3. The third kappa shape index (κ3) is 7.26. The molecule has 8 rings (SSSR count). The number of nitrogens with zero attached hydrogens (tertiary/aromatic N) is 2. The molecule has 6 atom stereocenters. The SMILES string of the molecule is CCCC(O)CC(O)CC(=O)CCc1cc2c(cc1O)OC#CC1(CCCC1)C1C#CC(O)c3ccc4c(c3CC3=CN=C5CN(C=C35)C1O2)C=CNC4N. The summed E-state index contributed by atoms with van der Waals surface area (Å²) in [5, 5.41) is 46.6. The van der Waals surface area contributed by atoms with Crippen LogP contribution in [0.4, 0.5) is 0 Å². The Kier molecular flexibility index (Phi) is 10.2. The highest BCUT2D eigenvalue weighted by molar-refractivity contribution is 6.09. The molecule has 5 heterocycles. The van der Waals surface area contributed by atoms with E-state index in [1.807, 2.05) is 37.5 Å². The highest BCUT2D eigenvalue weighted by Gasteiger charge is 2.48. The fourth-order valence-corrected chi connectivity index (χ4v) is 8.93. The number of phenolic OH excluding ortho intramolecular Hbond substituents is 1. The first-order chi connectivity index (χ1) is 26.6. The van der Waals surface area contributed by atoms with E-state index in [0.29, 0.717) is 30.7 Å². The molecule has 286 valence electrons. The number of benzene rings is 2. The number of carbonyl (C=O) groups excluding carboxylic acids is 1. The minimum absolute atomic E-state index is 0.0572. The molecule has 55 heavy (non-hydrogen) atoms. The van der Waals surface area contributed by atoms with Gasteiger partial charge in [-0.05, 0) is 83.8 Å². The molecule has 1 spiro atoms. The van der Waals surface area contributed by atoms with E-state index in [-0.39, 0.29) is 49.1 Å². The van der Waals surface area contributed by atoms with Crippen LogP contribution in [0.5, 0.6) is 17.2 Å². The third-order valence-electron chi connectivity index (χ3n) is 11.8. The Morgan fingerprint density at radius 3 is 2.78 bits per heavy atom. The molecule has 5 aliphatic heterocycles. The lowest BCUT2D eigenvalue weighted by Crippen LogP contribution is -2.47. The average Bonchev–Trinajstić information content (AvgIpc) is 3.90. The Balaban J connectivity index is 1.16. The average molecular weight is 745 g/mol. The van der Waals surface area contributed by atoms with Crippen LogP contribution in [0.1, 0.15) is 105 Å². The number of aromatic hydroxyl groups is 1. The first-order valence-corrected chi connectivity index (χ1v) is 19.5. The zero-order valence-corrected chi connectivity index (χ0v) is 31.1. The van der Waals surface area contributed by atoms with E-state index >= 15 is 0 Å². The standard InChI is InChI=1S/C44H48N4O7/c1-2-5-28(49)20-30(51)21-29(50)7-6-26-19-41-40(22-39(26)53)54-17-15-44(13-3-4-14-44)36-10-11-38(52)32-8-9-33-31(12-16-46-42(33)45)34(32)18-27-23-47-37-25-48(24-35(27)37)43(36)55-41/h8-9,12,16,19,22-24,28,30,36,38,42-43,46,49,51-53H,2-7,13-14,18,20-21,25,45H2,1H3. The predicted octanol–water partition coefficient (Wildman–Crippen LogP) is 4.79. The van der Waals surface area contributed by atoms with Gasteiger partial charge in [-0.1, -0.05) is 56.1 Å². The number of allylic oxidation sites excluding steroid dienone is 1. The second-order valence-electron chi connectivity index (χ2n) is 15.6. The second kappa shape index (κ2) is 15.2. The smallest absolute Gasteiger partial charge is 0.187 e. The summed E-state index contributed by atoms with van der Waals surface area (Å²) in [6.07, 6.45) is 12.8. The normalized spacial score (nSPS) is 24.9. The second-order valence-corrected chi connectivity index (χ2v) is 15.6. The topological polar surface area (TPSA) is 170 Å². The van der Waals surface area contributed by atoms with Gasteiger partial charge in [-0.15, -0.1) is 0 Å². The van der Waals surface area contributed by atoms with Crippen molar-refractivity contribution in [1.82, 2.24) is 10.2 Å². The van der Waals surface area contributed by atoms with E-state index in [2.05, 4.69) is 40.3 Å². The molecule has 11 heteroatoms. The van der Waals surface area contributed by atoms with Gasteiger partial charge >= 0.3 is 0 Å². The highest BCUT2D eigenvalue weighted by Crippen LogP contribution is 2.49. The molecule has 0 saturated heterocycles. The molecule has 2 aromatic rings. The maximum absolute atomic E-state index is 12.9. The van der Waals surface area contributed by atoms with Crippen molar-refractivity contribution in [3.8, 4) is 41.1 Å². The molecule has 6 unspecified atom stereocenters. The fourth-order valence-electron chi connectivity index (χ4n) is 8.93. The maximum Gasteiger partial charge on any atom is 0.187 e.